The molecule has 2 saturated heterocycles. The Morgan fingerprint density at radius 2 is 1.69 bits per heavy atom. The van der Waals surface area contributed by atoms with Crippen LogP contribution in [-0.4, -0.2) is 77.2 Å². The summed E-state index contributed by atoms with van der Waals surface area (Å²) in [5.41, 5.74) is 4.41. The molecule has 0 saturated carbocycles. The van der Waals surface area contributed by atoms with E-state index in [1.807, 2.05) is 54.6 Å². The summed E-state index contributed by atoms with van der Waals surface area (Å²) in [7, 11) is 1.65. The molecular weight excluding hydrogens is 647 g/mol. The van der Waals surface area contributed by atoms with Crippen LogP contribution in [0.5, 0.6) is 5.75 Å². The van der Waals surface area contributed by atoms with E-state index >= 15 is 4.39 Å². The first-order valence-corrected chi connectivity index (χ1v) is 17.9. The van der Waals surface area contributed by atoms with Crippen LogP contribution in [0.15, 0.2) is 85.2 Å². The first-order valence-electron chi connectivity index (χ1n) is 17.9. The molecule has 3 N–H and O–H groups in total. The van der Waals surface area contributed by atoms with E-state index in [4.69, 9.17) is 4.74 Å². The van der Waals surface area contributed by atoms with Gasteiger partial charge in [0.1, 0.15) is 18.1 Å². The van der Waals surface area contributed by atoms with Crippen LogP contribution in [0.1, 0.15) is 49.7 Å². The van der Waals surface area contributed by atoms with E-state index in [0.29, 0.717) is 38.6 Å². The number of para-hydroxylation sites is 1. The fraction of sp³-hybridized carbons (Fsp3) is 0.400. The lowest BCUT2D eigenvalue weighted by molar-refractivity contribution is -0.142. The van der Waals surface area contributed by atoms with Crippen molar-refractivity contribution >= 4 is 23.5 Å². The lowest BCUT2D eigenvalue weighted by atomic mass is 9.96. The standard InChI is InChI=1S/C40H47FN6O4/c1-51-35-15-6-5-13-33(35)30-18-16-28(17-19-30)11-7-14-34(40(49)50)45-39(48)31-12-8-22-47(26-31)38-36(41)37(42-27-43-38)44-32-20-23-46(24-21-32)25-29-9-3-2-4-10-29/h2-6,9-10,13,15-19,27,31-32,34H,7-8,11-12,14,20-26H2,1H3,(H,45,48)(H,49,50)(H,42,43,44)/t31?,34-/m0/s1. The number of aliphatic carboxylic acids is 1. The maximum Gasteiger partial charge on any atom is 0.326 e. The van der Waals surface area contributed by atoms with Crippen molar-refractivity contribution < 1.29 is 23.8 Å². The largest absolute Gasteiger partial charge is 0.496 e. The molecule has 1 amide bonds. The third-order valence-corrected chi connectivity index (χ3v) is 9.98. The van der Waals surface area contributed by atoms with E-state index in [1.165, 1.54) is 11.9 Å². The summed E-state index contributed by atoms with van der Waals surface area (Å²) in [4.78, 5) is 38.2. The summed E-state index contributed by atoms with van der Waals surface area (Å²) in [6.07, 6.45) is 5.93. The molecule has 0 aliphatic carbocycles. The smallest absolute Gasteiger partial charge is 0.326 e. The molecule has 3 heterocycles. The molecule has 2 aliphatic rings. The van der Waals surface area contributed by atoms with Crippen LogP contribution in [0.25, 0.3) is 11.1 Å². The van der Waals surface area contributed by atoms with Crippen molar-refractivity contribution in [1.82, 2.24) is 20.2 Å². The molecule has 6 rings (SSSR count). The topological polar surface area (TPSA) is 120 Å². The number of aromatic nitrogens is 2. The molecule has 4 aromatic rings. The summed E-state index contributed by atoms with van der Waals surface area (Å²) in [6.45, 7) is 3.51. The average molecular weight is 695 g/mol. The number of rotatable bonds is 14. The van der Waals surface area contributed by atoms with Gasteiger partial charge >= 0.3 is 5.97 Å². The van der Waals surface area contributed by atoms with E-state index in [9.17, 15) is 14.7 Å². The molecule has 10 nitrogen and oxygen atoms in total. The highest BCUT2D eigenvalue weighted by Crippen LogP contribution is 2.30. The first kappa shape index (κ1) is 35.8. The van der Waals surface area contributed by atoms with Gasteiger partial charge in [-0.05, 0) is 67.7 Å². The second-order valence-corrected chi connectivity index (χ2v) is 13.5. The van der Waals surface area contributed by atoms with Crippen LogP contribution in [-0.2, 0) is 22.6 Å². The number of carboxylic acid groups (broad SMARTS) is 1. The van der Waals surface area contributed by atoms with E-state index in [0.717, 1.165) is 54.9 Å². The quantitative estimate of drug-likeness (QED) is 0.142. The lowest BCUT2D eigenvalue weighted by Gasteiger charge is -2.34. The number of amides is 1. The lowest BCUT2D eigenvalue weighted by Crippen LogP contribution is -2.48. The molecule has 11 heteroatoms. The Balaban J connectivity index is 0.988. The second kappa shape index (κ2) is 17.3. The van der Waals surface area contributed by atoms with Crippen molar-refractivity contribution in [2.45, 2.75) is 63.6 Å². The Kier molecular flexibility index (Phi) is 12.1. The zero-order valence-electron chi connectivity index (χ0n) is 29.1. The van der Waals surface area contributed by atoms with Crippen LogP contribution in [0.4, 0.5) is 16.0 Å². The summed E-state index contributed by atoms with van der Waals surface area (Å²) < 4.78 is 21.3. The fourth-order valence-corrected chi connectivity index (χ4v) is 7.13. The zero-order valence-corrected chi connectivity index (χ0v) is 29.1. The van der Waals surface area contributed by atoms with Crippen LogP contribution in [0, 0.1) is 11.7 Å². The molecule has 1 unspecified atom stereocenters. The van der Waals surface area contributed by atoms with Gasteiger partial charge in [0.25, 0.3) is 0 Å². The van der Waals surface area contributed by atoms with Gasteiger partial charge in [-0.25, -0.2) is 14.8 Å². The van der Waals surface area contributed by atoms with Crippen molar-refractivity contribution in [2.75, 3.05) is 43.5 Å². The maximum atomic E-state index is 15.8. The number of halogens is 1. The number of benzene rings is 3. The highest BCUT2D eigenvalue weighted by atomic mass is 19.1. The van der Waals surface area contributed by atoms with Gasteiger partial charge in [0, 0.05) is 44.3 Å². The van der Waals surface area contributed by atoms with Crippen LogP contribution in [0.2, 0.25) is 0 Å². The molecule has 2 fully saturated rings. The van der Waals surface area contributed by atoms with Gasteiger partial charge in [-0.2, -0.15) is 4.39 Å². The normalized spacial score (nSPS) is 17.5. The van der Waals surface area contributed by atoms with Gasteiger partial charge in [-0.3, -0.25) is 9.69 Å². The number of anilines is 2. The van der Waals surface area contributed by atoms with E-state index in [1.54, 1.807) is 12.0 Å². The minimum Gasteiger partial charge on any atom is -0.496 e. The van der Waals surface area contributed by atoms with Crippen molar-refractivity contribution in [1.29, 1.82) is 0 Å². The van der Waals surface area contributed by atoms with Crippen LogP contribution < -0.4 is 20.3 Å². The third-order valence-electron chi connectivity index (χ3n) is 9.98. The second-order valence-electron chi connectivity index (χ2n) is 13.5. The highest BCUT2D eigenvalue weighted by molar-refractivity contribution is 5.85. The number of likely N-dealkylation sites (tertiary alicyclic amines) is 1. The molecular formula is C40H47FN6O4. The number of aryl methyl sites for hydroxylation is 1. The first-order chi connectivity index (χ1) is 24.9. The Morgan fingerprint density at radius 3 is 2.43 bits per heavy atom. The molecule has 3 aromatic carbocycles. The Bertz CT molecular complexity index is 1750. The minimum absolute atomic E-state index is 0.0971. The van der Waals surface area contributed by atoms with Gasteiger partial charge in [0.15, 0.2) is 11.6 Å². The third kappa shape index (κ3) is 9.40. The van der Waals surface area contributed by atoms with Gasteiger partial charge in [-0.15, -0.1) is 0 Å². The number of nitrogens with zero attached hydrogens (tertiary/aromatic N) is 4. The van der Waals surface area contributed by atoms with Crippen LogP contribution in [0.3, 0.4) is 0 Å². The number of piperidine rings is 2. The van der Waals surface area contributed by atoms with Crippen molar-refractivity contribution in [3.05, 3.63) is 102 Å². The SMILES string of the molecule is COc1ccccc1-c1ccc(CCC[C@H](NC(=O)C2CCCN(c3ncnc(NC4CCN(Cc5ccccc5)CC4)c3F)C2)C(=O)O)cc1. The number of hydrogen-bond donors (Lipinski definition) is 3. The van der Waals surface area contributed by atoms with Crippen molar-refractivity contribution in [2.24, 2.45) is 5.92 Å². The summed E-state index contributed by atoms with van der Waals surface area (Å²) in [6, 6.07) is 25.5. The number of carbonyl (C=O) groups excluding carboxylic acids is 1. The fourth-order valence-electron chi connectivity index (χ4n) is 7.13. The molecule has 268 valence electrons. The molecule has 2 aliphatic heterocycles. The predicted molar refractivity (Wildman–Crippen MR) is 196 cm³/mol. The summed E-state index contributed by atoms with van der Waals surface area (Å²) >= 11 is 0. The van der Waals surface area contributed by atoms with E-state index in [2.05, 4.69) is 49.8 Å². The average Bonchev–Trinajstić information content (AvgIpc) is 3.16. The number of carbonyl (C=O) groups is 2. The Hall–Kier alpha value is -5.03. The predicted octanol–water partition coefficient (Wildman–Crippen LogP) is 6.18. The van der Waals surface area contributed by atoms with Gasteiger partial charge < -0.3 is 25.4 Å². The van der Waals surface area contributed by atoms with Crippen LogP contribution >= 0.6 is 0 Å². The Morgan fingerprint density at radius 1 is 0.941 bits per heavy atom. The number of methoxy groups -OCH3 is 1. The molecule has 2 atom stereocenters. The summed E-state index contributed by atoms with van der Waals surface area (Å²) in [5.74, 6) is -1.26. The maximum absolute atomic E-state index is 15.8. The van der Waals surface area contributed by atoms with Crippen molar-refractivity contribution in [3.63, 3.8) is 0 Å². The van der Waals surface area contributed by atoms with Gasteiger partial charge in [-0.1, -0.05) is 72.8 Å². The number of hydrogen-bond acceptors (Lipinski definition) is 8. The zero-order chi connectivity index (χ0) is 35.6. The summed E-state index contributed by atoms with van der Waals surface area (Å²) in [5, 5.41) is 16.0. The number of ether oxygens (including phenoxy) is 1. The van der Waals surface area contributed by atoms with Crippen molar-refractivity contribution in [3.8, 4) is 16.9 Å². The monoisotopic (exact) mass is 694 g/mol. The number of nitrogens with one attached hydrogen (secondary N) is 2. The molecule has 0 bridgehead atoms. The molecule has 0 radical (unpaired) electrons. The molecule has 1 aromatic heterocycles. The molecule has 0 spiro atoms. The van der Waals surface area contributed by atoms with Gasteiger partial charge in [0.05, 0.1) is 13.0 Å². The Labute approximate surface area is 299 Å². The van der Waals surface area contributed by atoms with E-state index in [-0.39, 0.29) is 30.1 Å². The molecule has 51 heavy (non-hydrogen) atoms. The number of carboxylic acids is 1. The highest BCUT2D eigenvalue weighted by Gasteiger charge is 2.31. The minimum atomic E-state index is -1.06. The van der Waals surface area contributed by atoms with E-state index < -0.39 is 23.7 Å². The van der Waals surface area contributed by atoms with Gasteiger partial charge in [0.2, 0.25) is 11.7 Å².